The molecule has 3 N–H and O–H groups in total. The van der Waals surface area contributed by atoms with Crippen molar-refractivity contribution in [3.63, 3.8) is 0 Å². The van der Waals surface area contributed by atoms with E-state index in [-0.39, 0.29) is 10.7 Å². The molecule has 0 radical (unpaired) electrons. The van der Waals surface area contributed by atoms with Crippen molar-refractivity contribution in [1.82, 2.24) is 14.8 Å². The molecule has 0 spiro atoms. The molecule has 0 atom stereocenters. The van der Waals surface area contributed by atoms with Gasteiger partial charge in [-0.3, -0.25) is 14.4 Å². The Hall–Kier alpha value is -2.09. The average molecular weight is 253 g/mol. The fourth-order valence-corrected chi connectivity index (χ4v) is 2.47. The van der Waals surface area contributed by atoms with Crippen LogP contribution in [-0.2, 0) is 17.1 Å². The van der Waals surface area contributed by atoms with Gasteiger partial charge in [0.05, 0.1) is 11.9 Å². The van der Waals surface area contributed by atoms with Crippen molar-refractivity contribution >= 4 is 21.5 Å². The first-order chi connectivity index (χ1) is 7.99. The van der Waals surface area contributed by atoms with Crippen LogP contribution >= 0.6 is 0 Å². The lowest BCUT2D eigenvalue weighted by molar-refractivity contribution is 0.601. The number of anilines is 2. The number of hydrogen-bond donors (Lipinski definition) is 2. The summed E-state index contributed by atoms with van der Waals surface area (Å²) < 4.78 is 27.6. The molecule has 17 heavy (non-hydrogen) atoms. The molecule has 0 saturated heterocycles. The summed E-state index contributed by atoms with van der Waals surface area (Å²) in [4.78, 5) is 3.76. The highest BCUT2D eigenvalue weighted by atomic mass is 32.2. The maximum Gasteiger partial charge on any atom is 0.267 e. The largest absolute Gasteiger partial charge is 0.381 e. The number of nitrogens with zero attached hydrogens (tertiary/aromatic N) is 3. The van der Waals surface area contributed by atoms with Crippen molar-refractivity contribution in [2.75, 3.05) is 10.5 Å². The molecular weight excluding hydrogens is 242 g/mol. The predicted molar refractivity (Wildman–Crippen MR) is 62.7 cm³/mol. The van der Waals surface area contributed by atoms with Crippen molar-refractivity contribution in [3.05, 3.63) is 30.7 Å². The number of sulfonamides is 1. The minimum atomic E-state index is -3.72. The lowest BCUT2D eigenvalue weighted by atomic mass is 10.4. The van der Waals surface area contributed by atoms with Crippen LogP contribution in [0.25, 0.3) is 0 Å². The molecule has 7 nitrogen and oxygen atoms in total. The van der Waals surface area contributed by atoms with E-state index in [1.165, 1.54) is 17.1 Å². The van der Waals surface area contributed by atoms with Gasteiger partial charge in [0.1, 0.15) is 4.90 Å². The summed E-state index contributed by atoms with van der Waals surface area (Å²) in [7, 11) is -2.12. The Morgan fingerprint density at radius 2 is 2.24 bits per heavy atom. The molecule has 0 bridgehead atoms. The predicted octanol–water partition coefficient (Wildman–Crippen LogP) is 0.198. The van der Waals surface area contributed by atoms with Gasteiger partial charge in [0.2, 0.25) is 0 Å². The molecule has 0 aliphatic rings. The number of pyridine rings is 1. The fraction of sp³-hybridized carbons (Fsp3) is 0.111. The maximum absolute atomic E-state index is 12.0. The minimum absolute atomic E-state index is 0.0381. The van der Waals surface area contributed by atoms with Crippen molar-refractivity contribution in [2.24, 2.45) is 7.05 Å². The van der Waals surface area contributed by atoms with E-state index in [1.54, 1.807) is 25.4 Å². The van der Waals surface area contributed by atoms with E-state index in [0.717, 1.165) is 0 Å². The molecular formula is C9H11N5O2S. The fourth-order valence-electron chi connectivity index (χ4n) is 1.32. The number of nitrogens with one attached hydrogen (secondary N) is 1. The molecule has 0 amide bonds. The van der Waals surface area contributed by atoms with Crippen LogP contribution < -0.4 is 10.5 Å². The third kappa shape index (κ3) is 2.36. The monoisotopic (exact) mass is 253 g/mol. The number of aromatic nitrogens is 3. The summed E-state index contributed by atoms with van der Waals surface area (Å²) >= 11 is 0. The molecule has 0 unspecified atom stereocenters. The lowest BCUT2D eigenvalue weighted by Crippen LogP contribution is -2.13. The van der Waals surface area contributed by atoms with E-state index in [0.29, 0.717) is 5.69 Å². The topological polar surface area (TPSA) is 103 Å². The van der Waals surface area contributed by atoms with Gasteiger partial charge >= 0.3 is 0 Å². The molecule has 2 aromatic rings. The smallest absolute Gasteiger partial charge is 0.267 e. The molecule has 0 aromatic carbocycles. The van der Waals surface area contributed by atoms with Gasteiger partial charge in [-0.1, -0.05) is 0 Å². The van der Waals surface area contributed by atoms with Crippen molar-refractivity contribution in [2.45, 2.75) is 4.90 Å². The zero-order chi connectivity index (χ0) is 12.5. The standard InChI is InChI=1S/C9H11N5O2S/c1-14-6-8(9(10)12-14)17(15,16)13-7-3-2-4-11-5-7/h2-6,13H,1H3,(H2,10,12). The number of rotatable bonds is 3. The van der Waals surface area contributed by atoms with E-state index in [2.05, 4.69) is 14.8 Å². The second-order valence-corrected chi connectivity index (χ2v) is 5.05. The summed E-state index contributed by atoms with van der Waals surface area (Å²) in [5, 5.41) is 3.78. The third-order valence-corrected chi connectivity index (χ3v) is 3.42. The number of hydrogen-bond acceptors (Lipinski definition) is 5. The van der Waals surface area contributed by atoms with Gasteiger partial charge in [0.15, 0.2) is 5.82 Å². The number of nitrogen functional groups attached to an aromatic ring is 1. The molecule has 2 heterocycles. The first-order valence-electron chi connectivity index (χ1n) is 4.71. The van der Waals surface area contributed by atoms with Crippen molar-refractivity contribution in [1.29, 1.82) is 0 Å². The quantitative estimate of drug-likeness (QED) is 0.813. The van der Waals surface area contributed by atoms with Gasteiger partial charge in [0.25, 0.3) is 10.0 Å². The summed E-state index contributed by atoms with van der Waals surface area (Å²) in [6, 6.07) is 3.22. The van der Waals surface area contributed by atoms with Gasteiger partial charge in [0, 0.05) is 19.4 Å². The van der Waals surface area contributed by atoms with E-state index in [9.17, 15) is 8.42 Å². The van der Waals surface area contributed by atoms with Crippen molar-refractivity contribution in [3.8, 4) is 0 Å². The number of nitrogens with two attached hydrogens (primary N) is 1. The second-order valence-electron chi connectivity index (χ2n) is 3.40. The first kappa shape index (κ1) is 11.4. The molecule has 0 saturated carbocycles. The second kappa shape index (κ2) is 4.06. The zero-order valence-corrected chi connectivity index (χ0v) is 9.85. The van der Waals surface area contributed by atoms with Gasteiger partial charge < -0.3 is 5.73 Å². The van der Waals surface area contributed by atoms with Crippen LogP contribution in [0.5, 0.6) is 0 Å². The Morgan fingerprint density at radius 3 is 2.76 bits per heavy atom. The normalized spacial score (nSPS) is 11.4. The van der Waals surface area contributed by atoms with Crippen LogP contribution in [0.4, 0.5) is 11.5 Å². The molecule has 0 aliphatic carbocycles. The maximum atomic E-state index is 12.0. The van der Waals surface area contributed by atoms with Crippen LogP contribution in [-0.4, -0.2) is 23.2 Å². The van der Waals surface area contributed by atoms with E-state index in [1.807, 2.05) is 0 Å². The Kier molecular flexibility index (Phi) is 2.72. The van der Waals surface area contributed by atoms with E-state index >= 15 is 0 Å². The Labute approximate surface area is 98.3 Å². The van der Waals surface area contributed by atoms with Crippen LogP contribution in [0.1, 0.15) is 0 Å². The third-order valence-electron chi connectivity index (χ3n) is 2.03. The van der Waals surface area contributed by atoms with Crippen LogP contribution in [0.15, 0.2) is 35.6 Å². The van der Waals surface area contributed by atoms with Gasteiger partial charge in [-0.15, -0.1) is 0 Å². The summed E-state index contributed by atoms with van der Waals surface area (Å²) in [5.74, 6) is -0.0381. The molecule has 0 aliphatic heterocycles. The highest BCUT2D eigenvalue weighted by Crippen LogP contribution is 2.19. The van der Waals surface area contributed by atoms with E-state index in [4.69, 9.17) is 5.73 Å². The van der Waals surface area contributed by atoms with Crippen molar-refractivity contribution < 1.29 is 8.42 Å². The molecule has 2 rings (SSSR count). The average Bonchev–Trinajstić information content (AvgIpc) is 2.59. The Balaban J connectivity index is 2.35. The molecule has 8 heteroatoms. The highest BCUT2D eigenvalue weighted by molar-refractivity contribution is 7.92. The van der Waals surface area contributed by atoms with Gasteiger partial charge in [-0.2, -0.15) is 5.10 Å². The lowest BCUT2D eigenvalue weighted by Gasteiger charge is -2.05. The SMILES string of the molecule is Cn1cc(S(=O)(=O)Nc2cccnc2)c(N)n1. The van der Waals surface area contributed by atoms with E-state index < -0.39 is 10.0 Å². The van der Waals surface area contributed by atoms with Crippen LogP contribution in [0, 0.1) is 0 Å². The zero-order valence-electron chi connectivity index (χ0n) is 9.03. The first-order valence-corrected chi connectivity index (χ1v) is 6.19. The molecule has 90 valence electrons. The molecule has 0 fully saturated rings. The van der Waals surface area contributed by atoms with Crippen LogP contribution in [0.2, 0.25) is 0 Å². The Morgan fingerprint density at radius 1 is 1.47 bits per heavy atom. The summed E-state index contributed by atoms with van der Waals surface area (Å²) in [6.07, 6.45) is 4.30. The van der Waals surface area contributed by atoms with Crippen LogP contribution in [0.3, 0.4) is 0 Å². The number of aryl methyl sites for hydroxylation is 1. The Bertz CT molecular complexity index is 620. The summed E-state index contributed by atoms with van der Waals surface area (Å²) in [6.45, 7) is 0. The molecule has 2 aromatic heterocycles. The van der Waals surface area contributed by atoms with Gasteiger partial charge in [-0.05, 0) is 12.1 Å². The minimum Gasteiger partial charge on any atom is -0.381 e. The highest BCUT2D eigenvalue weighted by Gasteiger charge is 2.20. The van der Waals surface area contributed by atoms with Gasteiger partial charge in [-0.25, -0.2) is 8.42 Å². The summed E-state index contributed by atoms with van der Waals surface area (Å²) in [5.41, 5.74) is 5.89.